The van der Waals surface area contributed by atoms with Gasteiger partial charge in [0.2, 0.25) is 11.9 Å². The molecular formula is C10H19N5O3S. The third kappa shape index (κ3) is 6.18. The minimum Gasteiger partial charge on any atom is -0.467 e. The highest BCUT2D eigenvalue weighted by Gasteiger charge is 2.06. The first kappa shape index (κ1) is 15.4. The molecule has 108 valence electrons. The van der Waals surface area contributed by atoms with Crippen LogP contribution < -0.4 is 15.4 Å². The summed E-state index contributed by atoms with van der Waals surface area (Å²) in [5, 5.41) is 5.90. The summed E-state index contributed by atoms with van der Waals surface area (Å²) in [5.74, 6) is 0.902. The second-order valence-corrected chi connectivity index (χ2v) is 6.17. The van der Waals surface area contributed by atoms with Gasteiger partial charge in [-0.15, -0.1) is 0 Å². The van der Waals surface area contributed by atoms with E-state index in [1.807, 2.05) is 6.92 Å². The molecule has 0 atom stereocenters. The lowest BCUT2D eigenvalue weighted by Crippen LogP contribution is -2.13. The maximum absolute atomic E-state index is 11.0. The number of rotatable bonds is 8. The average molecular weight is 289 g/mol. The van der Waals surface area contributed by atoms with Crippen molar-refractivity contribution < 1.29 is 13.2 Å². The molecule has 1 rings (SSSR count). The Balaban J connectivity index is 2.59. The normalized spacial score (nSPS) is 11.1. The Labute approximate surface area is 112 Å². The van der Waals surface area contributed by atoms with E-state index in [9.17, 15) is 8.42 Å². The van der Waals surface area contributed by atoms with Crippen LogP contribution in [0.25, 0.3) is 0 Å². The van der Waals surface area contributed by atoms with Crippen molar-refractivity contribution in [3.63, 3.8) is 0 Å². The van der Waals surface area contributed by atoms with Gasteiger partial charge in [-0.1, -0.05) is 0 Å². The van der Waals surface area contributed by atoms with Crippen molar-refractivity contribution in [2.75, 3.05) is 42.8 Å². The van der Waals surface area contributed by atoms with E-state index in [0.29, 0.717) is 31.4 Å². The summed E-state index contributed by atoms with van der Waals surface area (Å²) in [7, 11) is -1.47. The number of ether oxygens (including phenoxy) is 1. The third-order valence-electron chi connectivity index (χ3n) is 2.11. The van der Waals surface area contributed by atoms with Crippen molar-refractivity contribution in [2.24, 2.45) is 0 Å². The van der Waals surface area contributed by atoms with Crippen LogP contribution in [0.15, 0.2) is 0 Å². The smallest absolute Gasteiger partial charge is 0.322 e. The highest BCUT2D eigenvalue weighted by molar-refractivity contribution is 7.90. The Hall–Kier alpha value is -1.64. The van der Waals surface area contributed by atoms with Crippen LogP contribution >= 0.6 is 0 Å². The van der Waals surface area contributed by atoms with Crippen molar-refractivity contribution in [1.29, 1.82) is 0 Å². The lowest BCUT2D eigenvalue weighted by Gasteiger charge is -2.08. The van der Waals surface area contributed by atoms with Gasteiger partial charge in [0.25, 0.3) is 0 Å². The molecule has 0 radical (unpaired) electrons. The molecule has 19 heavy (non-hydrogen) atoms. The second-order valence-electron chi connectivity index (χ2n) is 3.91. The first-order chi connectivity index (χ1) is 8.94. The Bertz CT molecular complexity index is 506. The van der Waals surface area contributed by atoms with E-state index in [1.165, 1.54) is 13.4 Å². The molecule has 0 aliphatic heterocycles. The number of nitrogens with zero attached hydrogens (tertiary/aromatic N) is 3. The number of methoxy groups -OCH3 is 1. The highest BCUT2D eigenvalue weighted by Crippen LogP contribution is 2.10. The van der Waals surface area contributed by atoms with Gasteiger partial charge < -0.3 is 15.4 Å². The molecule has 0 bridgehead atoms. The lowest BCUT2D eigenvalue weighted by atomic mass is 10.5. The van der Waals surface area contributed by atoms with Crippen LogP contribution in [0.2, 0.25) is 0 Å². The molecule has 1 aromatic heterocycles. The molecule has 9 heteroatoms. The molecule has 0 amide bonds. The fourth-order valence-corrected chi connectivity index (χ4v) is 1.97. The van der Waals surface area contributed by atoms with E-state index in [1.54, 1.807) is 0 Å². The van der Waals surface area contributed by atoms with E-state index >= 15 is 0 Å². The van der Waals surface area contributed by atoms with Crippen LogP contribution in [-0.2, 0) is 9.84 Å². The Morgan fingerprint density at radius 3 is 2.32 bits per heavy atom. The number of nitrogens with one attached hydrogen (secondary N) is 2. The monoisotopic (exact) mass is 289 g/mol. The SMILES string of the molecule is CCNc1nc(NCCCS(C)(=O)=O)nc(OC)n1. The standard InChI is InChI=1S/C10H19N5O3S/c1-4-11-8-13-9(15-10(14-8)18-2)12-6-5-7-19(3,16)17/h4-7H2,1-3H3,(H2,11,12,13,14,15). The van der Waals surface area contributed by atoms with Gasteiger partial charge in [-0.05, 0) is 13.3 Å². The zero-order chi connectivity index (χ0) is 14.3. The molecular weight excluding hydrogens is 270 g/mol. The molecule has 1 aromatic rings. The third-order valence-corrected chi connectivity index (χ3v) is 3.14. The van der Waals surface area contributed by atoms with Crippen LogP contribution in [0.1, 0.15) is 13.3 Å². The number of aromatic nitrogens is 3. The molecule has 0 aliphatic rings. The predicted octanol–water partition coefficient (Wildman–Crippen LogP) is 0.159. The van der Waals surface area contributed by atoms with E-state index in [4.69, 9.17) is 4.74 Å². The maximum atomic E-state index is 11.0. The molecule has 0 unspecified atom stereocenters. The Morgan fingerprint density at radius 2 is 1.79 bits per heavy atom. The maximum Gasteiger partial charge on any atom is 0.322 e. The van der Waals surface area contributed by atoms with Gasteiger partial charge >= 0.3 is 6.01 Å². The van der Waals surface area contributed by atoms with Crippen LogP contribution in [0.3, 0.4) is 0 Å². The van der Waals surface area contributed by atoms with E-state index in [-0.39, 0.29) is 11.8 Å². The molecule has 0 aliphatic carbocycles. The van der Waals surface area contributed by atoms with Gasteiger partial charge in [0.15, 0.2) is 0 Å². The number of hydrogen-bond acceptors (Lipinski definition) is 8. The molecule has 0 fully saturated rings. The first-order valence-electron chi connectivity index (χ1n) is 5.90. The first-order valence-corrected chi connectivity index (χ1v) is 7.96. The van der Waals surface area contributed by atoms with Crippen molar-refractivity contribution in [1.82, 2.24) is 15.0 Å². The van der Waals surface area contributed by atoms with Crippen LogP contribution in [-0.4, -0.2) is 55.6 Å². The van der Waals surface area contributed by atoms with Gasteiger partial charge in [0.1, 0.15) is 9.84 Å². The minimum atomic E-state index is -2.94. The van der Waals surface area contributed by atoms with E-state index in [0.717, 1.165) is 0 Å². The molecule has 1 heterocycles. The summed E-state index contributed by atoms with van der Waals surface area (Å²) >= 11 is 0. The fourth-order valence-electron chi connectivity index (χ4n) is 1.30. The predicted molar refractivity (Wildman–Crippen MR) is 73.4 cm³/mol. The molecule has 0 saturated heterocycles. The molecule has 0 aromatic carbocycles. The average Bonchev–Trinajstić information content (AvgIpc) is 2.34. The quantitative estimate of drug-likeness (QED) is 0.652. The summed E-state index contributed by atoms with van der Waals surface area (Å²) in [6.07, 6.45) is 1.70. The largest absolute Gasteiger partial charge is 0.467 e. The topological polar surface area (TPSA) is 106 Å². The van der Waals surface area contributed by atoms with Crippen molar-refractivity contribution in [3.05, 3.63) is 0 Å². The van der Waals surface area contributed by atoms with Crippen LogP contribution in [0, 0.1) is 0 Å². The van der Waals surface area contributed by atoms with Gasteiger partial charge in [-0.25, -0.2) is 8.42 Å². The van der Waals surface area contributed by atoms with Gasteiger partial charge in [-0.3, -0.25) is 0 Å². The zero-order valence-electron chi connectivity index (χ0n) is 11.3. The zero-order valence-corrected chi connectivity index (χ0v) is 12.1. The molecule has 2 N–H and O–H groups in total. The fraction of sp³-hybridized carbons (Fsp3) is 0.700. The summed E-state index contributed by atoms with van der Waals surface area (Å²) in [4.78, 5) is 12.2. The molecule has 0 spiro atoms. The van der Waals surface area contributed by atoms with Crippen molar-refractivity contribution in [3.8, 4) is 6.01 Å². The summed E-state index contributed by atoms with van der Waals surface area (Å²) in [6.45, 7) is 3.07. The van der Waals surface area contributed by atoms with Crippen LogP contribution in [0.4, 0.5) is 11.9 Å². The highest BCUT2D eigenvalue weighted by atomic mass is 32.2. The summed E-state index contributed by atoms with van der Waals surface area (Å²) in [6, 6.07) is 0.205. The Kier molecular flexibility index (Phi) is 5.74. The lowest BCUT2D eigenvalue weighted by molar-refractivity contribution is 0.379. The van der Waals surface area contributed by atoms with Crippen molar-refractivity contribution >= 4 is 21.7 Å². The van der Waals surface area contributed by atoms with Gasteiger partial charge in [0, 0.05) is 19.3 Å². The summed E-state index contributed by atoms with van der Waals surface area (Å²) < 4.78 is 26.9. The van der Waals surface area contributed by atoms with Gasteiger partial charge in [0.05, 0.1) is 12.9 Å². The summed E-state index contributed by atoms with van der Waals surface area (Å²) in [5.41, 5.74) is 0. The minimum absolute atomic E-state index is 0.127. The molecule has 0 saturated carbocycles. The number of hydrogen-bond donors (Lipinski definition) is 2. The van der Waals surface area contributed by atoms with E-state index in [2.05, 4.69) is 25.6 Å². The van der Waals surface area contributed by atoms with Crippen LogP contribution in [0.5, 0.6) is 6.01 Å². The van der Waals surface area contributed by atoms with E-state index < -0.39 is 9.84 Å². The number of sulfone groups is 1. The van der Waals surface area contributed by atoms with Gasteiger partial charge in [-0.2, -0.15) is 15.0 Å². The second kappa shape index (κ2) is 7.07. The number of anilines is 2. The van der Waals surface area contributed by atoms with Crippen molar-refractivity contribution in [2.45, 2.75) is 13.3 Å². The molecule has 8 nitrogen and oxygen atoms in total. The Morgan fingerprint density at radius 1 is 1.16 bits per heavy atom.